The lowest BCUT2D eigenvalue weighted by atomic mass is 9.96. The molecule has 0 spiro atoms. The second-order valence-corrected chi connectivity index (χ2v) is 8.56. The van der Waals surface area contributed by atoms with Gasteiger partial charge in [-0.1, -0.05) is 20.8 Å². The number of carbonyl (C=O) groups excluding carboxylic acids is 1. The number of methoxy groups -OCH3 is 2. The summed E-state index contributed by atoms with van der Waals surface area (Å²) in [5, 5.41) is 0.715. The van der Waals surface area contributed by atoms with Crippen LogP contribution in [0.1, 0.15) is 33.6 Å². The fourth-order valence-corrected chi connectivity index (χ4v) is 3.33. The first-order chi connectivity index (χ1) is 13.7. The highest BCUT2D eigenvalue weighted by atomic mass is 35.5. The van der Waals surface area contributed by atoms with Crippen molar-refractivity contribution in [3.8, 4) is 11.5 Å². The minimum atomic E-state index is -0.115. The number of nitrogen functional groups attached to an aromatic ring is 1. The number of ether oxygens (including phenoxy) is 3. The maximum atomic E-state index is 12.3. The number of nitrogens with zero attached hydrogens (tertiary/aromatic N) is 3. The van der Waals surface area contributed by atoms with E-state index >= 15 is 0 Å². The van der Waals surface area contributed by atoms with Crippen molar-refractivity contribution in [3.63, 3.8) is 0 Å². The zero-order chi connectivity index (χ0) is 21.2. The van der Waals surface area contributed by atoms with Gasteiger partial charge >= 0.3 is 5.97 Å². The Balaban J connectivity index is 0.00000320. The zero-order valence-electron chi connectivity index (χ0n) is 18.2. The van der Waals surface area contributed by atoms with Gasteiger partial charge in [0.05, 0.1) is 32.3 Å². The highest BCUT2D eigenvalue weighted by molar-refractivity contribution is 5.91. The van der Waals surface area contributed by atoms with Gasteiger partial charge in [0.25, 0.3) is 0 Å². The number of halogens is 1. The molecule has 30 heavy (non-hydrogen) atoms. The fourth-order valence-electron chi connectivity index (χ4n) is 3.33. The molecule has 1 aromatic heterocycles. The number of fused-ring (bicyclic) bond motifs is 1. The molecule has 0 saturated carbocycles. The maximum absolute atomic E-state index is 12.3. The molecule has 8 nitrogen and oxygen atoms in total. The van der Waals surface area contributed by atoms with Crippen molar-refractivity contribution >= 4 is 41.0 Å². The van der Waals surface area contributed by atoms with Gasteiger partial charge in [-0.3, -0.25) is 4.79 Å². The van der Waals surface area contributed by atoms with Gasteiger partial charge in [-0.2, -0.15) is 4.98 Å². The molecule has 1 saturated heterocycles. The Bertz CT molecular complexity index is 893. The van der Waals surface area contributed by atoms with Gasteiger partial charge in [-0.05, 0) is 24.3 Å². The lowest BCUT2D eigenvalue weighted by Crippen LogP contribution is -2.38. The van der Waals surface area contributed by atoms with E-state index < -0.39 is 0 Å². The van der Waals surface area contributed by atoms with E-state index in [0.29, 0.717) is 66.7 Å². The van der Waals surface area contributed by atoms with Crippen LogP contribution in [-0.2, 0) is 9.53 Å². The average molecular weight is 439 g/mol. The summed E-state index contributed by atoms with van der Waals surface area (Å²) in [5.41, 5.74) is 6.85. The van der Waals surface area contributed by atoms with Gasteiger partial charge in [0, 0.05) is 24.5 Å². The molecule has 0 unspecified atom stereocenters. The van der Waals surface area contributed by atoms with Crippen molar-refractivity contribution < 1.29 is 19.0 Å². The molecule has 0 aliphatic carbocycles. The molecule has 0 bridgehead atoms. The van der Waals surface area contributed by atoms with E-state index in [2.05, 4.69) is 35.6 Å². The van der Waals surface area contributed by atoms with Gasteiger partial charge in [-0.15, -0.1) is 12.4 Å². The summed E-state index contributed by atoms with van der Waals surface area (Å²) in [4.78, 5) is 23.5. The van der Waals surface area contributed by atoms with Gasteiger partial charge in [0.1, 0.15) is 5.82 Å². The second kappa shape index (κ2) is 9.55. The van der Waals surface area contributed by atoms with Crippen molar-refractivity contribution in [2.24, 2.45) is 11.3 Å². The van der Waals surface area contributed by atoms with Crippen LogP contribution in [0.15, 0.2) is 12.1 Å². The number of hydrogen-bond donors (Lipinski definition) is 1. The summed E-state index contributed by atoms with van der Waals surface area (Å²) >= 11 is 0. The van der Waals surface area contributed by atoms with E-state index in [4.69, 9.17) is 19.9 Å². The van der Waals surface area contributed by atoms with Gasteiger partial charge < -0.3 is 24.8 Å². The first kappa shape index (κ1) is 23.8. The fraction of sp³-hybridized carbons (Fsp3) is 0.571. The minimum absolute atomic E-state index is 0. The maximum Gasteiger partial charge on any atom is 0.309 e. The Morgan fingerprint density at radius 1 is 1.13 bits per heavy atom. The van der Waals surface area contributed by atoms with Gasteiger partial charge in [0.2, 0.25) is 5.95 Å². The van der Waals surface area contributed by atoms with Crippen LogP contribution in [0.4, 0.5) is 11.8 Å². The normalized spacial score (nSPS) is 14.9. The Labute approximate surface area is 183 Å². The van der Waals surface area contributed by atoms with Crippen molar-refractivity contribution in [1.82, 2.24) is 9.97 Å². The molecule has 3 rings (SSSR count). The molecule has 2 heterocycles. The summed E-state index contributed by atoms with van der Waals surface area (Å²) < 4.78 is 16.2. The van der Waals surface area contributed by atoms with Crippen molar-refractivity contribution in [2.75, 3.05) is 44.5 Å². The van der Waals surface area contributed by atoms with Crippen LogP contribution in [0.2, 0.25) is 0 Å². The zero-order valence-corrected chi connectivity index (χ0v) is 19.0. The molecule has 0 radical (unpaired) electrons. The van der Waals surface area contributed by atoms with Gasteiger partial charge in [-0.25, -0.2) is 4.98 Å². The number of rotatable bonds is 5. The van der Waals surface area contributed by atoms with Crippen LogP contribution in [0.25, 0.3) is 10.9 Å². The summed E-state index contributed by atoms with van der Waals surface area (Å²) in [6.45, 7) is 7.93. The van der Waals surface area contributed by atoms with E-state index in [9.17, 15) is 4.79 Å². The minimum Gasteiger partial charge on any atom is -0.493 e. The Morgan fingerprint density at radius 3 is 2.30 bits per heavy atom. The number of esters is 1. The smallest absolute Gasteiger partial charge is 0.309 e. The monoisotopic (exact) mass is 438 g/mol. The predicted octanol–water partition coefficient (Wildman–Crippen LogP) is 3.46. The van der Waals surface area contributed by atoms with Crippen molar-refractivity contribution in [1.29, 1.82) is 0 Å². The lowest BCUT2D eigenvalue weighted by Gasteiger charge is -2.31. The molecule has 0 amide bonds. The quantitative estimate of drug-likeness (QED) is 0.708. The topological polar surface area (TPSA) is 99.8 Å². The van der Waals surface area contributed by atoms with E-state index in [1.165, 1.54) is 0 Å². The third kappa shape index (κ3) is 5.36. The highest BCUT2D eigenvalue weighted by Crippen LogP contribution is 2.34. The Hall–Kier alpha value is -2.48. The molecule has 2 N–H and O–H groups in total. The summed E-state index contributed by atoms with van der Waals surface area (Å²) in [5.74, 6) is 1.91. The number of carbonyl (C=O) groups is 1. The number of aromatic nitrogens is 2. The summed E-state index contributed by atoms with van der Waals surface area (Å²) in [6, 6.07) is 3.58. The first-order valence-electron chi connectivity index (χ1n) is 9.82. The molecule has 1 aliphatic rings. The van der Waals surface area contributed by atoms with Crippen molar-refractivity contribution in [2.45, 2.75) is 33.6 Å². The molecule has 0 atom stereocenters. The number of nitrogens with two attached hydrogens (primary N) is 1. The molecule has 1 aromatic carbocycles. The first-order valence-corrected chi connectivity index (χ1v) is 9.82. The SMILES string of the molecule is COc1cc2nc(N3CCC(C(=O)OCC(C)(C)C)CC3)nc(N)c2cc1OC.Cl. The molecule has 1 aliphatic heterocycles. The predicted molar refractivity (Wildman–Crippen MR) is 120 cm³/mol. The van der Waals surface area contributed by atoms with Crippen molar-refractivity contribution in [3.05, 3.63) is 12.1 Å². The van der Waals surface area contributed by atoms with Crippen LogP contribution in [0.3, 0.4) is 0 Å². The molecule has 166 valence electrons. The second-order valence-electron chi connectivity index (χ2n) is 8.56. The number of anilines is 2. The Morgan fingerprint density at radius 2 is 1.73 bits per heavy atom. The van der Waals surface area contributed by atoms with E-state index in [-0.39, 0.29) is 29.7 Å². The Kier molecular flexibility index (Phi) is 7.58. The average Bonchev–Trinajstić information content (AvgIpc) is 2.70. The molecule has 1 fully saturated rings. The lowest BCUT2D eigenvalue weighted by molar-refractivity contribution is -0.152. The van der Waals surface area contributed by atoms with E-state index in [0.717, 1.165) is 0 Å². The van der Waals surface area contributed by atoms with Gasteiger partial charge in [0.15, 0.2) is 11.5 Å². The molecular formula is C21H31ClN4O4. The molecule has 2 aromatic rings. The van der Waals surface area contributed by atoms with Crippen LogP contribution in [0.5, 0.6) is 11.5 Å². The summed E-state index contributed by atoms with van der Waals surface area (Å²) in [7, 11) is 3.16. The molecular weight excluding hydrogens is 408 g/mol. The third-order valence-corrected chi connectivity index (χ3v) is 4.98. The van der Waals surface area contributed by atoms with Crippen LogP contribution in [-0.4, -0.2) is 49.9 Å². The third-order valence-electron chi connectivity index (χ3n) is 4.98. The standard InChI is InChI=1S/C21H30N4O4.ClH/c1-21(2,3)12-29-19(26)13-6-8-25(9-7-13)20-23-15-11-17(28-5)16(27-4)10-14(15)18(22)24-20;/h10-11,13H,6-9,12H2,1-5H3,(H2,22,23,24);1H. The number of piperidine rings is 1. The van der Waals surface area contributed by atoms with E-state index in [1.54, 1.807) is 26.4 Å². The largest absolute Gasteiger partial charge is 0.493 e. The van der Waals surface area contributed by atoms with E-state index in [1.807, 2.05) is 0 Å². The van der Waals surface area contributed by atoms with Crippen LogP contribution < -0.4 is 20.1 Å². The van der Waals surface area contributed by atoms with Crippen LogP contribution in [0, 0.1) is 11.3 Å². The summed E-state index contributed by atoms with van der Waals surface area (Å²) in [6.07, 6.45) is 1.41. The number of benzene rings is 1. The number of hydrogen-bond acceptors (Lipinski definition) is 8. The molecule has 9 heteroatoms. The highest BCUT2D eigenvalue weighted by Gasteiger charge is 2.28. The van der Waals surface area contributed by atoms with Crippen LogP contribution >= 0.6 is 12.4 Å².